The number of aromatic carboxylic acids is 1. The normalized spacial score (nSPS) is 11.1. The van der Waals surface area contributed by atoms with Crippen LogP contribution < -0.4 is 4.74 Å². The predicted molar refractivity (Wildman–Crippen MR) is 70.3 cm³/mol. The molecular formula is C14H17NO3. The highest BCUT2D eigenvalue weighted by molar-refractivity contribution is 5.95. The number of hydrogen-bond donors (Lipinski definition) is 1. The van der Waals surface area contributed by atoms with Gasteiger partial charge in [-0.2, -0.15) is 0 Å². The molecule has 0 atom stereocenters. The monoisotopic (exact) mass is 247 g/mol. The quantitative estimate of drug-likeness (QED) is 0.903. The van der Waals surface area contributed by atoms with Gasteiger partial charge in [-0.05, 0) is 30.2 Å². The Morgan fingerprint density at radius 3 is 2.67 bits per heavy atom. The lowest BCUT2D eigenvalue weighted by Gasteiger charge is -2.11. The average Bonchev–Trinajstić information content (AvgIpc) is 2.66. The molecule has 0 fully saturated rings. The third-order valence-corrected chi connectivity index (χ3v) is 2.88. The number of carboxylic acids is 1. The molecule has 18 heavy (non-hydrogen) atoms. The summed E-state index contributed by atoms with van der Waals surface area (Å²) in [5, 5.41) is 10.1. The number of aromatic nitrogens is 1. The predicted octanol–water partition coefficient (Wildman–Crippen LogP) is 3.00. The van der Waals surface area contributed by atoms with Gasteiger partial charge in [-0.1, -0.05) is 13.8 Å². The summed E-state index contributed by atoms with van der Waals surface area (Å²) in [6.45, 7) is 4.83. The first kappa shape index (κ1) is 12.5. The van der Waals surface area contributed by atoms with E-state index in [2.05, 4.69) is 13.8 Å². The Kier molecular flexibility index (Phi) is 3.28. The lowest BCUT2D eigenvalue weighted by molar-refractivity contribution is 0.0685. The van der Waals surface area contributed by atoms with Crippen molar-refractivity contribution in [3.63, 3.8) is 0 Å². The number of carbonyl (C=O) groups is 1. The van der Waals surface area contributed by atoms with E-state index in [1.54, 1.807) is 13.2 Å². The second-order valence-electron chi connectivity index (χ2n) is 4.76. The highest BCUT2D eigenvalue weighted by atomic mass is 16.5. The Bertz CT molecular complexity index is 584. The van der Waals surface area contributed by atoms with Crippen molar-refractivity contribution >= 4 is 16.9 Å². The molecule has 0 amide bonds. The highest BCUT2D eigenvalue weighted by Crippen LogP contribution is 2.25. The first-order valence-corrected chi connectivity index (χ1v) is 5.93. The van der Waals surface area contributed by atoms with Gasteiger partial charge < -0.3 is 14.4 Å². The van der Waals surface area contributed by atoms with E-state index in [0.717, 1.165) is 16.7 Å². The van der Waals surface area contributed by atoms with Gasteiger partial charge in [0.2, 0.25) is 0 Å². The molecule has 0 unspecified atom stereocenters. The number of ether oxygens (including phenoxy) is 1. The molecule has 0 aliphatic heterocycles. The Balaban J connectivity index is 2.63. The highest BCUT2D eigenvalue weighted by Gasteiger charge is 2.15. The topological polar surface area (TPSA) is 51.5 Å². The van der Waals surface area contributed by atoms with Gasteiger partial charge in [0.05, 0.1) is 7.11 Å². The second kappa shape index (κ2) is 4.72. The van der Waals surface area contributed by atoms with Gasteiger partial charge in [0.15, 0.2) is 0 Å². The summed E-state index contributed by atoms with van der Waals surface area (Å²) in [6.07, 6.45) is 0. The molecule has 96 valence electrons. The SMILES string of the molecule is COc1ccc2c(c1)cc(C(=O)O)n2CC(C)C. The van der Waals surface area contributed by atoms with Crippen LogP contribution in [0.15, 0.2) is 24.3 Å². The molecule has 0 radical (unpaired) electrons. The van der Waals surface area contributed by atoms with Crippen LogP contribution in [0.3, 0.4) is 0 Å². The summed E-state index contributed by atoms with van der Waals surface area (Å²) < 4.78 is 7.01. The lowest BCUT2D eigenvalue weighted by Crippen LogP contribution is -2.11. The average molecular weight is 247 g/mol. The third kappa shape index (κ3) is 2.18. The molecule has 0 saturated carbocycles. The van der Waals surface area contributed by atoms with E-state index in [1.165, 1.54) is 0 Å². The molecule has 4 nitrogen and oxygen atoms in total. The van der Waals surface area contributed by atoms with Crippen LogP contribution in [-0.2, 0) is 6.54 Å². The molecule has 1 heterocycles. The van der Waals surface area contributed by atoms with Crippen molar-refractivity contribution in [2.24, 2.45) is 5.92 Å². The summed E-state index contributed by atoms with van der Waals surface area (Å²) >= 11 is 0. The van der Waals surface area contributed by atoms with E-state index in [9.17, 15) is 9.90 Å². The largest absolute Gasteiger partial charge is 0.497 e. The van der Waals surface area contributed by atoms with Crippen LogP contribution in [0.2, 0.25) is 0 Å². The standard InChI is InChI=1S/C14H17NO3/c1-9(2)8-15-12-5-4-11(18-3)6-10(12)7-13(15)14(16)17/h4-7,9H,8H2,1-3H3,(H,16,17). The molecule has 2 aromatic rings. The number of nitrogens with zero attached hydrogens (tertiary/aromatic N) is 1. The van der Waals surface area contributed by atoms with Gasteiger partial charge in [0, 0.05) is 17.4 Å². The van der Waals surface area contributed by atoms with Gasteiger partial charge in [-0.25, -0.2) is 4.79 Å². The molecule has 1 aromatic carbocycles. The number of fused-ring (bicyclic) bond motifs is 1. The zero-order valence-corrected chi connectivity index (χ0v) is 10.8. The third-order valence-electron chi connectivity index (χ3n) is 2.88. The van der Waals surface area contributed by atoms with E-state index in [0.29, 0.717) is 18.2 Å². The fourth-order valence-corrected chi connectivity index (χ4v) is 2.12. The maximum Gasteiger partial charge on any atom is 0.352 e. The van der Waals surface area contributed by atoms with Gasteiger partial charge >= 0.3 is 5.97 Å². The first-order chi connectivity index (χ1) is 8.52. The Hall–Kier alpha value is -1.97. The van der Waals surface area contributed by atoms with Crippen LogP contribution in [0.1, 0.15) is 24.3 Å². The first-order valence-electron chi connectivity index (χ1n) is 5.93. The fraction of sp³-hybridized carbons (Fsp3) is 0.357. The molecule has 0 bridgehead atoms. The number of methoxy groups -OCH3 is 1. The smallest absolute Gasteiger partial charge is 0.352 e. The molecule has 0 aliphatic rings. The van der Waals surface area contributed by atoms with E-state index in [-0.39, 0.29) is 0 Å². The van der Waals surface area contributed by atoms with Crippen LogP contribution in [-0.4, -0.2) is 22.8 Å². The van der Waals surface area contributed by atoms with Crippen LogP contribution >= 0.6 is 0 Å². The van der Waals surface area contributed by atoms with Crippen LogP contribution in [0, 0.1) is 5.92 Å². The van der Waals surface area contributed by atoms with Gasteiger partial charge in [-0.3, -0.25) is 0 Å². The van der Waals surface area contributed by atoms with Crippen LogP contribution in [0.4, 0.5) is 0 Å². The minimum Gasteiger partial charge on any atom is -0.497 e. The summed E-state index contributed by atoms with van der Waals surface area (Å²) in [7, 11) is 1.60. The maximum atomic E-state index is 11.3. The van der Waals surface area contributed by atoms with E-state index < -0.39 is 5.97 Å². The molecule has 0 aliphatic carbocycles. The number of rotatable bonds is 4. The van der Waals surface area contributed by atoms with E-state index in [4.69, 9.17) is 4.74 Å². The maximum absolute atomic E-state index is 11.3. The Morgan fingerprint density at radius 2 is 2.11 bits per heavy atom. The van der Waals surface area contributed by atoms with Crippen molar-refractivity contribution < 1.29 is 14.6 Å². The zero-order chi connectivity index (χ0) is 13.3. The van der Waals surface area contributed by atoms with E-state index >= 15 is 0 Å². The van der Waals surface area contributed by atoms with Crippen molar-refractivity contribution in [2.75, 3.05) is 7.11 Å². The van der Waals surface area contributed by atoms with E-state index in [1.807, 2.05) is 22.8 Å². The van der Waals surface area contributed by atoms with Crippen LogP contribution in [0.25, 0.3) is 10.9 Å². The van der Waals surface area contributed by atoms with Crippen molar-refractivity contribution in [1.29, 1.82) is 0 Å². The Labute approximate surface area is 106 Å². The van der Waals surface area contributed by atoms with Crippen molar-refractivity contribution in [2.45, 2.75) is 20.4 Å². The zero-order valence-electron chi connectivity index (χ0n) is 10.8. The van der Waals surface area contributed by atoms with Crippen LogP contribution in [0.5, 0.6) is 5.75 Å². The second-order valence-corrected chi connectivity index (χ2v) is 4.76. The minimum absolute atomic E-state index is 0.326. The molecule has 1 N–H and O–H groups in total. The fourth-order valence-electron chi connectivity index (χ4n) is 2.12. The summed E-state index contributed by atoms with van der Waals surface area (Å²) in [4.78, 5) is 11.3. The molecule has 1 aromatic heterocycles. The lowest BCUT2D eigenvalue weighted by atomic mass is 10.2. The van der Waals surface area contributed by atoms with Gasteiger partial charge in [-0.15, -0.1) is 0 Å². The van der Waals surface area contributed by atoms with Crippen molar-refractivity contribution in [3.05, 3.63) is 30.0 Å². The number of hydrogen-bond acceptors (Lipinski definition) is 2. The molecule has 4 heteroatoms. The summed E-state index contributed by atoms with van der Waals surface area (Å²) in [6, 6.07) is 7.31. The van der Waals surface area contributed by atoms with Gasteiger partial charge in [0.25, 0.3) is 0 Å². The minimum atomic E-state index is -0.897. The van der Waals surface area contributed by atoms with Gasteiger partial charge in [0.1, 0.15) is 11.4 Å². The summed E-state index contributed by atoms with van der Waals surface area (Å²) in [5.41, 5.74) is 1.26. The van der Waals surface area contributed by atoms with Crippen molar-refractivity contribution in [3.8, 4) is 5.75 Å². The number of benzene rings is 1. The molecule has 0 spiro atoms. The van der Waals surface area contributed by atoms with Crippen molar-refractivity contribution in [1.82, 2.24) is 4.57 Å². The molecule has 2 rings (SSSR count). The Morgan fingerprint density at radius 1 is 1.39 bits per heavy atom. The molecular weight excluding hydrogens is 230 g/mol. The summed E-state index contributed by atoms with van der Waals surface area (Å²) in [5.74, 6) is 0.229. The molecule has 0 saturated heterocycles. The number of carboxylic acid groups (broad SMARTS) is 1.